The highest BCUT2D eigenvalue weighted by Gasteiger charge is 2.50. The number of anilines is 1. The number of nitrogens with one attached hydrogen (secondary N) is 2. The van der Waals surface area contributed by atoms with E-state index in [9.17, 15) is 24.0 Å². The predicted molar refractivity (Wildman–Crippen MR) is 93.2 cm³/mol. The van der Waals surface area contributed by atoms with E-state index in [0.717, 1.165) is 10.5 Å². The Kier molecular flexibility index (Phi) is 4.82. The number of nitrogens with zero attached hydrogens (tertiary/aromatic N) is 1. The molecule has 0 unspecified atom stereocenters. The highest BCUT2D eigenvalue weighted by Crippen LogP contribution is 2.36. The lowest BCUT2D eigenvalue weighted by atomic mass is 10.2. The van der Waals surface area contributed by atoms with Crippen molar-refractivity contribution < 1.29 is 24.0 Å². The van der Waals surface area contributed by atoms with Gasteiger partial charge in [-0.25, -0.2) is 0 Å². The van der Waals surface area contributed by atoms with Crippen molar-refractivity contribution in [2.24, 2.45) is 0 Å². The summed E-state index contributed by atoms with van der Waals surface area (Å²) in [6.07, 6.45) is 0. The summed E-state index contributed by atoms with van der Waals surface area (Å²) >= 11 is 1.34. The monoisotopic (exact) mass is 379 g/mol. The smallest absolute Gasteiger partial charge is 0.289 e. The molecule has 8 nitrogen and oxygen atoms in total. The van der Waals surface area contributed by atoms with E-state index in [2.05, 4.69) is 10.6 Å². The molecule has 0 bridgehead atoms. The first-order valence-electron chi connectivity index (χ1n) is 7.25. The van der Waals surface area contributed by atoms with E-state index in [4.69, 9.17) is 0 Å². The Morgan fingerprint density at radius 3 is 2.60 bits per heavy atom. The third-order valence-corrected chi connectivity index (χ3v) is 5.93. The number of benzene rings is 1. The number of thioether (sulfide) groups is 2. The molecular formula is C15H13N3O5S2. The Hall–Kier alpha value is -2.33. The van der Waals surface area contributed by atoms with Crippen molar-refractivity contribution in [2.75, 3.05) is 11.9 Å². The van der Waals surface area contributed by atoms with Gasteiger partial charge in [-0.2, -0.15) is 0 Å². The van der Waals surface area contributed by atoms with E-state index >= 15 is 0 Å². The minimum Gasteiger partial charge on any atom is -0.325 e. The Bertz CT molecular complexity index is 797. The van der Waals surface area contributed by atoms with E-state index in [1.54, 1.807) is 18.2 Å². The van der Waals surface area contributed by atoms with Crippen LogP contribution in [-0.2, 0) is 14.4 Å². The molecule has 5 amide bonds. The first-order valence-corrected chi connectivity index (χ1v) is 9.01. The summed E-state index contributed by atoms with van der Waals surface area (Å²) in [4.78, 5) is 60.3. The van der Waals surface area contributed by atoms with Gasteiger partial charge in [-0.05, 0) is 48.1 Å². The zero-order chi connectivity index (χ0) is 18.1. The molecule has 0 aromatic heterocycles. The molecule has 130 valence electrons. The summed E-state index contributed by atoms with van der Waals surface area (Å²) in [6.45, 7) is 1.43. The molecule has 10 heteroatoms. The molecule has 2 fully saturated rings. The van der Waals surface area contributed by atoms with Crippen molar-refractivity contribution in [2.45, 2.75) is 17.4 Å². The van der Waals surface area contributed by atoms with Crippen LogP contribution < -0.4 is 10.6 Å². The number of aryl methyl sites for hydroxylation is 1. The number of amides is 5. The van der Waals surface area contributed by atoms with Crippen LogP contribution in [0.25, 0.3) is 0 Å². The molecule has 2 heterocycles. The fourth-order valence-corrected chi connectivity index (χ4v) is 4.54. The third kappa shape index (κ3) is 3.69. The fraction of sp³-hybridized carbons (Fsp3) is 0.267. The normalized spacial score (nSPS) is 23.2. The second-order valence-electron chi connectivity index (χ2n) is 5.46. The molecule has 0 saturated carbocycles. The van der Waals surface area contributed by atoms with Crippen LogP contribution >= 0.6 is 23.5 Å². The number of hydrogen-bond acceptors (Lipinski definition) is 7. The summed E-state index contributed by atoms with van der Waals surface area (Å²) in [5, 5.41) is 1.58. The summed E-state index contributed by atoms with van der Waals surface area (Å²) in [7, 11) is 0. The average Bonchev–Trinajstić information content (AvgIpc) is 3.00. The molecule has 0 aliphatic carbocycles. The van der Waals surface area contributed by atoms with Gasteiger partial charge in [0.15, 0.2) is 0 Å². The lowest BCUT2D eigenvalue weighted by Crippen LogP contribution is -2.42. The Balaban J connectivity index is 1.65. The summed E-state index contributed by atoms with van der Waals surface area (Å²) in [6, 6.07) is 7.10. The van der Waals surface area contributed by atoms with Gasteiger partial charge in [0.05, 0.1) is 0 Å². The standard InChI is InChI=1S/C15H13N3O5S2/c1-7-3-2-4-8(5-7)16-9(19)6-18-13(21)11(25-15(18)23)10-12(20)17-14(22)24-10/h2-5,10-11H,6H2,1H3,(H,16,19)(H,17,20,22)/t10-,11-/m0/s1. The molecule has 1 aromatic rings. The maximum Gasteiger partial charge on any atom is 0.289 e. The quantitative estimate of drug-likeness (QED) is 0.812. The number of carbonyl (C=O) groups excluding carboxylic acids is 5. The first-order chi connectivity index (χ1) is 11.8. The van der Waals surface area contributed by atoms with Gasteiger partial charge < -0.3 is 5.32 Å². The van der Waals surface area contributed by atoms with Gasteiger partial charge in [0, 0.05) is 5.69 Å². The van der Waals surface area contributed by atoms with Crippen LogP contribution in [0.5, 0.6) is 0 Å². The molecule has 2 N–H and O–H groups in total. The number of carbonyl (C=O) groups is 5. The van der Waals surface area contributed by atoms with Crippen molar-refractivity contribution in [3.63, 3.8) is 0 Å². The van der Waals surface area contributed by atoms with E-state index in [1.807, 2.05) is 13.0 Å². The fourth-order valence-electron chi connectivity index (χ4n) is 2.44. The number of hydrogen-bond donors (Lipinski definition) is 2. The van der Waals surface area contributed by atoms with Gasteiger partial charge in [-0.1, -0.05) is 12.1 Å². The number of rotatable bonds is 4. The molecule has 2 atom stereocenters. The summed E-state index contributed by atoms with van der Waals surface area (Å²) in [5.41, 5.74) is 1.51. The van der Waals surface area contributed by atoms with Gasteiger partial charge in [-0.15, -0.1) is 0 Å². The van der Waals surface area contributed by atoms with Gasteiger partial charge in [0.1, 0.15) is 17.0 Å². The first kappa shape index (κ1) is 17.5. The molecule has 3 rings (SSSR count). The van der Waals surface area contributed by atoms with Gasteiger partial charge in [-0.3, -0.25) is 34.2 Å². The largest absolute Gasteiger partial charge is 0.325 e. The van der Waals surface area contributed by atoms with Gasteiger partial charge in [0.2, 0.25) is 17.7 Å². The summed E-state index contributed by atoms with van der Waals surface area (Å²) < 4.78 is 0. The van der Waals surface area contributed by atoms with Crippen molar-refractivity contribution in [3.05, 3.63) is 29.8 Å². The maximum absolute atomic E-state index is 12.4. The molecule has 25 heavy (non-hydrogen) atoms. The molecular weight excluding hydrogens is 366 g/mol. The topological polar surface area (TPSA) is 113 Å². The Morgan fingerprint density at radius 1 is 1.20 bits per heavy atom. The average molecular weight is 379 g/mol. The van der Waals surface area contributed by atoms with Crippen LogP contribution in [0.2, 0.25) is 0 Å². The second kappa shape index (κ2) is 6.89. The molecule has 2 aliphatic heterocycles. The predicted octanol–water partition coefficient (Wildman–Crippen LogP) is 1.35. The molecule has 2 saturated heterocycles. The van der Waals surface area contributed by atoms with E-state index < -0.39 is 45.2 Å². The van der Waals surface area contributed by atoms with Crippen LogP contribution in [-0.4, -0.2) is 50.1 Å². The van der Waals surface area contributed by atoms with Gasteiger partial charge >= 0.3 is 0 Å². The maximum atomic E-state index is 12.4. The van der Waals surface area contributed by atoms with Gasteiger partial charge in [0.25, 0.3) is 10.5 Å². The molecule has 0 spiro atoms. The second-order valence-corrected chi connectivity index (χ2v) is 7.67. The molecule has 1 aromatic carbocycles. The lowest BCUT2D eigenvalue weighted by Gasteiger charge is -2.15. The zero-order valence-electron chi connectivity index (χ0n) is 13.0. The Labute approximate surface area is 151 Å². The highest BCUT2D eigenvalue weighted by molar-refractivity contribution is 8.19. The van der Waals surface area contributed by atoms with Crippen molar-refractivity contribution in [1.29, 1.82) is 0 Å². The van der Waals surface area contributed by atoms with E-state index in [-0.39, 0.29) is 0 Å². The van der Waals surface area contributed by atoms with Crippen molar-refractivity contribution >= 4 is 57.4 Å². The SMILES string of the molecule is Cc1cccc(NC(=O)CN2C(=O)S[C@@H]([C@@H]3SC(=O)NC3=O)C2=O)c1. The van der Waals surface area contributed by atoms with Crippen LogP contribution in [0.1, 0.15) is 5.56 Å². The minimum absolute atomic E-state index is 0.442. The highest BCUT2D eigenvalue weighted by atomic mass is 32.2. The van der Waals surface area contributed by atoms with Crippen LogP contribution in [0.15, 0.2) is 24.3 Å². The van der Waals surface area contributed by atoms with Crippen molar-refractivity contribution in [1.82, 2.24) is 10.2 Å². The zero-order valence-corrected chi connectivity index (χ0v) is 14.6. The lowest BCUT2D eigenvalue weighted by molar-refractivity contribution is -0.131. The molecule has 0 radical (unpaired) electrons. The minimum atomic E-state index is -1.00. The van der Waals surface area contributed by atoms with Crippen LogP contribution in [0.4, 0.5) is 15.3 Å². The summed E-state index contributed by atoms with van der Waals surface area (Å²) in [5.74, 6) is -1.76. The third-order valence-electron chi connectivity index (χ3n) is 3.55. The van der Waals surface area contributed by atoms with Crippen LogP contribution in [0, 0.1) is 6.92 Å². The van der Waals surface area contributed by atoms with Crippen LogP contribution in [0.3, 0.4) is 0 Å². The Morgan fingerprint density at radius 2 is 1.96 bits per heavy atom. The molecule has 2 aliphatic rings. The van der Waals surface area contributed by atoms with E-state index in [1.165, 1.54) is 0 Å². The van der Waals surface area contributed by atoms with Crippen molar-refractivity contribution in [3.8, 4) is 0 Å². The van der Waals surface area contributed by atoms with E-state index in [0.29, 0.717) is 29.2 Å². The number of imide groups is 2.